The number of benzene rings is 2. The summed E-state index contributed by atoms with van der Waals surface area (Å²) < 4.78 is 0. The first-order chi connectivity index (χ1) is 14.1. The van der Waals surface area contributed by atoms with Crippen LogP contribution in [0.5, 0.6) is 0 Å². The smallest absolute Gasteiger partial charge is 0.253 e. The maximum Gasteiger partial charge on any atom is 0.253 e. The van der Waals surface area contributed by atoms with Gasteiger partial charge in [-0.1, -0.05) is 30.3 Å². The van der Waals surface area contributed by atoms with Crippen molar-refractivity contribution in [1.82, 2.24) is 14.8 Å². The van der Waals surface area contributed by atoms with Crippen LogP contribution in [0, 0.1) is 6.92 Å². The van der Waals surface area contributed by atoms with Gasteiger partial charge in [0.15, 0.2) is 5.78 Å². The first-order valence-corrected chi connectivity index (χ1v) is 10.7. The Morgan fingerprint density at radius 3 is 2.45 bits per heavy atom. The van der Waals surface area contributed by atoms with Crippen molar-refractivity contribution in [3.8, 4) is 11.1 Å². The van der Waals surface area contributed by atoms with Crippen molar-refractivity contribution in [3.05, 3.63) is 75.2 Å². The van der Waals surface area contributed by atoms with Crippen LogP contribution >= 0.6 is 11.3 Å². The number of nitrogens with zero attached hydrogens (tertiary/aromatic N) is 3. The molecular formula is C23H21N3O2S. The van der Waals surface area contributed by atoms with Crippen LogP contribution in [0.4, 0.5) is 0 Å². The molecule has 1 saturated heterocycles. The Labute approximate surface area is 173 Å². The zero-order valence-corrected chi connectivity index (χ0v) is 17.0. The number of carbonyl (C=O) groups excluding carboxylic acids is 2. The predicted octanol–water partition coefficient (Wildman–Crippen LogP) is 3.62. The van der Waals surface area contributed by atoms with Gasteiger partial charge in [-0.25, -0.2) is 4.98 Å². The van der Waals surface area contributed by atoms with E-state index in [4.69, 9.17) is 0 Å². The molecule has 146 valence electrons. The number of hydrogen-bond acceptors (Lipinski definition) is 5. The number of aryl methyl sites for hydroxylation is 1. The molecule has 1 amide bonds. The van der Waals surface area contributed by atoms with E-state index >= 15 is 0 Å². The summed E-state index contributed by atoms with van der Waals surface area (Å²) in [6.45, 7) is 5.89. The molecule has 6 heteroatoms. The number of amides is 1. The van der Waals surface area contributed by atoms with Gasteiger partial charge in [-0.2, -0.15) is 0 Å². The Kier molecular flexibility index (Phi) is 4.53. The average Bonchev–Trinajstić information content (AvgIpc) is 3.29. The zero-order valence-electron chi connectivity index (χ0n) is 16.2. The first-order valence-electron chi connectivity index (χ1n) is 9.81. The fraction of sp³-hybridized carbons (Fsp3) is 0.261. The van der Waals surface area contributed by atoms with Crippen LogP contribution < -0.4 is 0 Å². The minimum atomic E-state index is 0.000656. The summed E-state index contributed by atoms with van der Waals surface area (Å²) in [6, 6.07) is 13.2. The zero-order chi connectivity index (χ0) is 20.0. The summed E-state index contributed by atoms with van der Waals surface area (Å²) in [5.74, 6) is 0.00864. The number of ketones is 1. The van der Waals surface area contributed by atoms with Gasteiger partial charge in [-0.05, 0) is 30.2 Å². The lowest BCUT2D eigenvalue weighted by atomic mass is 10.0. The van der Waals surface area contributed by atoms with E-state index in [2.05, 4.69) is 15.3 Å². The summed E-state index contributed by atoms with van der Waals surface area (Å²) in [4.78, 5) is 34.5. The fourth-order valence-corrected chi connectivity index (χ4v) is 4.77. The van der Waals surface area contributed by atoms with Crippen LogP contribution in [0.25, 0.3) is 11.1 Å². The molecule has 0 spiro atoms. The maximum atomic E-state index is 13.0. The van der Waals surface area contributed by atoms with Crippen molar-refractivity contribution < 1.29 is 9.59 Å². The number of carbonyl (C=O) groups is 2. The van der Waals surface area contributed by atoms with E-state index < -0.39 is 0 Å². The standard InChI is InChI=1S/C23H21N3O2S/c1-15-24-17(14-29-15)13-25-8-10-26(11-9-25)23(28)16-6-7-19-18-4-2-3-5-20(18)22(27)21(19)12-16/h2-7,12,14H,8-11,13H2,1H3. The number of hydrogen-bond donors (Lipinski definition) is 0. The van der Waals surface area contributed by atoms with Crippen LogP contribution in [0.15, 0.2) is 47.8 Å². The predicted molar refractivity (Wildman–Crippen MR) is 113 cm³/mol. The molecule has 1 fully saturated rings. The van der Waals surface area contributed by atoms with E-state index in [0.29, 0.717) is 24.2 Å². The molecule has 2 aliphatic rings. The average molecular weight is 404 g/mol. The quantitative estimate of drug-likeness (QED) is 0.524. The van der Waals surface area contributed by atoms with Crippen molar-refractivity contribution in [3.63, 3.8) is 0 Å². The topological polar surface area (TPSA) is 53.5 Å². The van der Waals surface area contributed by atoms with Crippen LogP contribution in [0.1, 0.15) is 37.0 Å². The van der Waals surface area contributed by atoms with Crippen LogP contribution in [0.2, 0.25) is 0 Å². The largest absolute Gasteiger partial charge is 0.336 e. The normalized spacial score (nSPS) is 16.0. The van der Waals surface area contributed by atoms with Gasteiger partial charge in [-0.3, -0.25) is 14.5 Å². The molecule has 3 aromatic rings. The number of piperazine rings is 1. The fourth-order valence-electron chi connectivity index (χ4n) is 4.16. The molecule has 2 heterocycles. The van der Waals surface area contributed by atoms with Crippen molar-refractivity contribution in [1.29, 1.82) is 0 Å². The molecule has 29 heavy (non-hydrogen) atoms. The molecule has 2 aromatic carbocycles. The van der Waals surface area contributed by atoms with Gasteiger partial charge >= 0.3 is 0 Å². The third kappa shape index (κ3) is 3.28. The van der Waals surface area contributed by atoms with Crippen molar-refractivity contribution in [2.24, 2.45) is 0 Å². The Morgan fingerprint density at radius 1 is 1.00 bits per heavy atom. The van der Waals surface area contributed by atoms with Gasteiger partial charge in [-0.15, -0.1) is 11.3 Å². The van der Waals surface area contributed by atoms with E-state index in [1.165, 1.54) is 0 Å². The summed E-state index contributed by atoms with van der Waals surface area (Å²) in [5.41, 5.74) is 4.92. The van der Waals surface area contributed by atoms with Crippen molar-refractivity contribution >= 4 is 23.0 Å². The van der Waals surface area contributed by atoms with Crippen LogP contribution in [0.3, 0.4) is 0 Å². The molecule has 1 aromatic heterocycles. The molecule has 5 nitrogen and oxygen atoms in total. The van der Waals surface area contributed by atoms with E-state index in [-0.39, 0.29) is 11.7 Å². The third-order valence-electron chi connectivity index (χ3n) is 5.68. The number of fused-ring (bicyclic) bond motifs is 3. The Morgan fingerprint density at radius 2 is 1.72 bits per heavy atom. The van der Waals surface area contributed by atoms with Gasteiger partial charge in [0.05, 0.1) is 10.7 Å². The first kappa shape index (κ1) is 18.2. The molecule has 0 radical (unpaired) electrons. The second-order valence-corrected chi connectivity index (χ2v) is 8.62. The lowest BCUT2D eigenvalue weighted by molar-refractivity contribution is 0.0627. The summed E-state index contributed by atoms with van der Waals surface area (Å²) >= 11 is 1.67. The second kappa shape index (κ2) is 7.21. The number of rotatable bonds is 3. The van der Waals surface area contributed by atoms with Gasteiger partial charge in [0.25, 0.3) is 5.91 Å². The lowest BCUT2D eigenvalue weighted by Gasteiger charge is -2.34. The van der Waals surface area contributed by atoms with Crippen molar-refractivity contribution in [2.75, 3.05) is 26.2 Å². The Balaban J connectivity index is 1.28. The third-order valence-corrected chi connectivity index (χ3v) is 6.51. The van der Waals surface area contributed by atoms with Crippen LogP contribution in [-0.2, 0) is 6.54 Å². The molecule has 0 unspecified atom stereocenters. The highest BCUT2D eigenvalue weighted by Crippen LogP contribution is 2.36. The van der Waals surface area contributed by atoms with Crippen LogP contribution in [-0.4, -0.2) is 52.7 Å². The minimum Gasteiger partial charge on any atom is -0.336 e. The highest BCUT2D eigenvalue weighted by Gasteiger charge is 2.28. The lowest BCUT2D eigenvalue weighted by Crippen LogP contribution is -2.48. The molecular weight excluding hydrogens is 382 g/mol. The SMILES string of the molecule is Cc1nc(CN2CCN(C(=O)c3ccc4c(c3)C(=O)c3ccccc3-4)CC2)cs1. The monoisotopic (exact) mass is 403 g/mol. The summed E-state index contributed by atoms with van der Waals surface area (Å²) in [5, 5.41) is 3.19. The van der Waals surface area contributed by atoms with Gasteiger partial charge in [0.2, 0.25) is 0 Å². The van der Waals surface area contributed by atoms with Gasteiger partial charge < -0.3 is 4.90 Å². The minimum absolute atomic E-state index is 0.000656. The van der Waals surface area contributed by atoms with Gasteiger partial charge in [0, 0.05) is 54.8 Å². The van der Waals surface area contributed by atoms with E-state index in [9.17, 15) is 9.59 Å². The molecule has 0 atom stereocenters. The number of aromatic nitrogens is 1. The van der Waals surface area contributed by atoms with Crippen molar-refractivity contribution in [2.45, 2.75) is 13.5 Å². The molecule has 0 bridgehead atoms. The Bertz CT molecular complexity index is 1110. The van der Waals surface area contributed by atoms with E-state index in [1.54, 1.807) is 17.4 Å². The molecule has 0 saturated carbocycles. The second-order valence-electron chi connectivity index (χ2n) is 7.56. The molecule has 5 rings (SSSR count). The highest BCUT2D eigenvalue weighted by molar-refractivity contribution is 7.09. The molecule has 0 N–H and O–H groups in total. The Hall–Kier alpha value is -2.83. The van der Waals surface area contributed by atoms with E-state index in [1.807, 2.05) is 48.2 Å². The van der Waals surface area contributed by atoms with E-state index in [0.717, 1.165) is 47.0 Å². The summed E-state index contributed by atoms with van der Waals surface area (Å²) in [6.07, 6.45) is 0. The highest BCUT2D eigenvalue weighted by atomic mass is 32.1. The summed E-state index contributed by atoms with van der Waals surface area (Å²) in [7, 11) is 0. The number of thiazole rings is 1. The molecule has 1 aliphatic heterocycles. The maximum absolute atomic E-state index is 13.0. The molecule has 1 aliphatic carbocycles. The van der Waals surface area contributed by atoms with Gasteiger partial charge in [0.1, 0.15) is 0 Å².